The van der Waals surface area contributed by atoms with Crippen molar-refractivity contribution in [2.45, 2.75) is 11.2 Å². The monoisotopic (exact) mass is 395 g/mol. The third-order valence-corrected chi connectivity index (χ3v) is 5.25. The lowest BCUT2D eigenvalue weighted by Crippen LogP contribution is -3.14. The van der Waals surface area contributed by atoms with Crippen LogP contribution in [0.3, 0.4) is 0 Å². The van der Waals surface area contributed by atoms with Crippen LogP contribution in [0.2, 0.25) is 0 Å². The fourth-order valence-electron chi connectivity index (χ4n) is 2.83. The zero-order chi connectivity index (χ0) is 19.3. The Balaban J connectivity index is 1.89. The first kappa shape index (κ1) is 19.6. The zero-order valence-electron chi connectivity index (χ0n) is 14.4. The molecule has 2 aromatic heterocycles. The van der Waals surface area contributed by atoms with E-state index in [-0.39, 0.29) is 10.7 Å². The molecule has 0 radical (unpaired) electrons. The van der Waals surface area contributed by atoms with E-state index in [9.17, 15) is 18.4 Å². The van der Waals surface area contributed by atoms with Crippen LogP contribution in [0, 0.1) is 11.3 Å². The van der Waals surface area contributed by atoms with E-state index in [0.29, 0.717) is 24.5 Å². The van der Waals surface area contributed by atoms with E-state index in [4.69, 9.17) is 4.74 Å². The summed E-state index contributed by atoms with van der Waals surface area (Å²) in [5, 5.41) is 9.45. The summed E-state index contributed by atoms with van der Waals surface area (Å²) in [6.45, 7) is 3.92. The van der Waals surface area contributed by atoms with Crippen LogP contribution in [-0.2, 0) is 10.9 Å². The molecule has 9 heteroatoms. The summed E-state index contributed by atoms with van der Waals surface area (Å²) in [7, 11) is 0. The fourth-order valence-corrected chi connectivity index (χ4v) is 3.88. The summed E-state index contributed by atoms with van der Waals surface area (Å²) < 4.78 is 45.8. The minimum absolute atomic E-state index is 0.117. The fraction of sp³-hybridized carbons (Fsp3) is 0.389. The topological polar surface area (TPSA) is 63.2 Å². The molecule has 0 aliphatic carbocycles. The van der Waals surface area contributed by atoms with E-state index < -0.39 is 17.3 Å². The minimum Gasteiger partial charge on any atom is -0.370 e. The Bertz CT molecular complexity index is 818. The van der Waals surface area contributed by atoms with Crippen LogP contribution in [0.1, 0.15) is 11.1 Å². The highest BCUT2D eigenvalue weighted by Crippen LogP contribution is 2.37. The van der Waals surface area contributed by atoms with Crippen LogP contribution in [-0.4, -0.2) is 48.6 Å². The number of quaternary nitrogens is 1. The molecule has 0 amide bonds. The van der Waals surface area contributed by atoms with Gasteiger partial charge in [-0.3, -0.25) is 4.98 Å². The molecular weight excluding hydrogens is 377 g/mol. The molecule has 27 heavy (non-hydrogen) atoms. The number of nitriles is 1. The highest BCUT2D eigenvalue weighted by molar-refractivity contribution is 7.99. The molecule has 142 valence electrons. The Kier molecular flexibility index (Phi) is 6.31. The van der Waals surface area contributed by atoms with Crippen molar-refractivity contribution in [2.24, 2.45) is 0 Å². The second-order valence-corrected chi connectivity index (χ2v) is 7.13. The van der Waals surface area contributed by atoms with E-state index in [1.807, 2.05) is 0 Å². The number of morpholine rings is 1. The number of hydrogen-bond acceptors (Lipinski definition) is 5. The van der Waals surface area contributed by atoms with Gasteiger partial charge in [0.2, 0.25) is 0 Å². The van der Waals surface area contributed by atoms with Gasteiger partial charge in [0.25, 0.3) is 0 Å². The van der Waals surface area contributed by atoms with Crippen molar-refractivity contribution < 1.29 is 22.8 Å². The van der Waals surface area contributed by atoms with E-state index in [0.717, 1.165) is 25.7 Å². The first-order valence-corrected chi connectivity index (χ1v) is 9.44. The van der Waals surface area contributed by atoms with Crippen molar-refractivity contribution in [2.75, 3.05) is 38.6 Å². The number of alkyl halides is 3. The van der Waals surface area contributed by atoms with Gasteiger partial charge in [0.15, 0.2) is 0 Å². The molecule has 0 atom stereocenters. The van der Waals surface area contributed by atoms with Gasteiger partial charge >= 0.3 is 6.18 Å². The Morgan fingerprint density at radius 3 is 2.56 bits per heavy atom. The summed E-state index contributed by atoms with van der Waals surface area (Å²) in [6.07, 6.45) is -1.63. The minimum atomic E-state index is -4.62. The van der Waals surface area contributed by atoms with Gasteiger partial charge < -0.3 is 9.64 Å². The average Bonchev–Trinajstić information content (AvgIpc) is 2.68. The van der Waals surface area contributed by atoms with E-state index in [2.05, 4.69) is 9.97 Å². The summed E-state index contributed by atoms with van der Waals surface area (Å²) >= 11 is 1.19. The predicted octanol–water partition coefficient (Wildman–Crippen LogP) is 2.04. The van der Waals surface area contributed by atoms with Gasteiger partial charge in [0.05, 0.1) is 36.6 Å². The number of aromatic nitrogens is 2. The summed E-state index contributed by atoms with van der Waals surface area (Å²) in [5.41, 5.74) is -0.652. The summed E-state index contributed by atoms with van der Waals surface area (Å²) in [5.74, 6) is 0.577. The van der Waals surface area contributed by atoms with Gasteiger partial charge in [-0.2, -0.15) is 18.4 Å². The standard InChI is InChI=1S/C18H17F3N4OS/c19-18(20,21)15-11-16(13-1-3-23-4-2-13)24-17(14(15)12-22)27-10-7-25-5-8-26-9-6-25/h1-4,11H,5-10H2/p+1. The molecule has 0 spiro atoms. The molecule has 0 aromatic carbocycles. The summed E-state index contributed by atoms with van der Waals surface area (Å²) in [4.78, 5) is 9.57. The molecule has 1 saturated heterocycles. The number of thioether (sulfide) groups is 1. The Labute approximate surface area is 159 Å². The Morgan fingerprint density at radius 2 is 1.93 bits per heavy atom. The second-order valence-electron chi connectivity index (χ2n) is 6.04. The molecule has 0 saturated carbocycles. The SMILES string of the molecule is N#Cc1c(C(F)(F)F)cc(-c2ccncc2)nc1SCC[NH+]1CCOCC1. The maximum absolute atomic E-state index is 13.5. The molecule has 3 rings (SSSR count). The number of nitrogens with one attached hydrogen (secondary N) is 1. The zero-order valence-corrected chi connectivity index (χ0v) is 15.2. The van der Waals surface area contributed by atoms with Crippen molar-refractivity contribution in [1.82, 2.24) is 9.97 Å². The third kappa shape index (κ3) is 4.97. The molecular formula is C18H18F3N4OS+. The van der Waals surface area contributed by atoms with Crippen LogP contribution in [0.25, 0.3) is 11.3 Å². The lowest BCUT2D eigenvalue weighted by Gasteiger charge is -2.23. The number of rotatable bonds is 5. The molecule has 0 bridgehead atoms. The van der Waals surface area contributed by atoms with Gasteiger partial charge in [-0.25, -0.2) is 4.98 Å². The molecule has 1 N–H and O–H groups in total. The quantitative estimate of drug-likeness (QED) is 0.785. The predicted molar refractivity (Wildman–Crippen MR) is 94.3 cm³/mol. The lowest BCUT2D eigenvalue weighted by atomic mass is 10.1. The number of hydrogen-bond donors (Lipinski definition) is 1. The van der Waals surface area contributed by atoms with Crippen molar-refractivity contribution in [1.29, 1.82) is 5.26 Å². The van der Waals surface area contributed by atoms with Gasteiger partial charge in [-0.15, -0.1) is 0 Å². The number of ether oxygens (including phenoxy) is 1. The van der Waals surface area contributed by atoms with Crippen molar-refractivity contribution >= 4 is 11.8 Å². The molecule has 3 heterocycles. The first-order chi connectivity index (χ1) is 13.0. The maximum Gasteiger partial charge on any atom is 0.417 e. The average molecular weight is 395 g/mol. The maximum atomic E-state index is 13.5. The Morgan fingerprint density at radius 1 is 1.22 bits per heavy atom. The molecule has 0 unspecified atom stereocenters. The van der Waals surface area contributed by atoms with Crippen molar-refractivity contribution in [3.63, 3.8) is 0 Å². The third-order valence-electron chi connectivity index (χ3n) is 4.27. The summed E-state index contributed by atoms with van der Waals surface area (Å²) in [6, 6.07) is 5.83. The van der Waals surface area contributed by atoms with Crippen LogP contribution in [0.15, 0.2) is 35.6 Å². The molecule has 1 fully saturated rings. The molecule has 1 aliphatic heterocycles. The van der Waals surface area contributed by atoms with E-state index in [1.165, 1.54) is 29.1 Å². The van der Waals surface area contributed by atoms with Gasteiger partial charge in [-0.05, 0) is 18.2 Å². The van der Waals surface area contributed by atoms with Crippen molar-refractivity contribution in [3.05, 3.63) is 41.7 Å². The number of nitrogens with zero attached hydrogens (tertiary/aromatic N) is 3. The van der Waals surface area contributed by atoms with Gasteiger partial charge in [0, 0.05) is 23.7 Å². The Hall–Kier alpha value is -2.15. The van der Waals surface area contributed by atoms with Crippen LogP contribution >= 0.6 is 11.8 Å². The highest BCUT2D eigenvalue weighted by atomic mass is 32.2. The lowest BCUT2D eigenvalue weighted by molar-refractivity contribution is -0.905. The van der Waals surface area contributed by atoms with Crippen LogP contribution < -0.4 is 4.90 Å². The number of halogens is 3. The van der Waals surface area contributed by atoms with Crippen molar-refractivity contribution in [3.8, 4) is 17.3 Å². The first-order valence-electron chi connectivity index (χ1n) is 8.46. The van der Waals surface area contributed by atoms with Gasteiger partial charge in [-0.1, -0.05) is 11.8 Å². The molecule has 2 aromatic rings. The van der Waals surface area contributed by atoms with Crippen LogP contribution in [0.4, 0.5) is 13.2 Å². The van der Waals surface area contributed by atoms with E-state index >= 15 is 0 Å². The normalized spacial score (nSPS) is 15.5. The van der Waals surface area contributed by atoms with Gasteiger partial charge in [0.1, 0.15) is 24.2 Å². The molecule has 5 nitrogen and oxygen atoms in total. The molecule has 1 aliphatic rings. The smallest absolute Gasteiger partial charge is 0.370 e. The number of pyridine rings is 2. The van der Waals surface area contributed by atoms with Crippen LogP contribution in [0.5, 0.6) is 0 Å². The largest absolute Gasteiger partial charge is 0.417 e. The second kappa shape index (κ2) is 8.69. The van der Waals surface area contributed by atoms with E-state index in [1.54, 1.807) is 18.2 Å². The highest BCUT2D eigenvalue weighted by Gasteiger charge is 2.36.